The summed E-state index contributed by atoms with van der Waals surface area (Å²) in [5.74, 6) is 0.741. The van der Waals surface area contributed by atoms with Gasteiger partial charge in [-0.3, -0.25) is 9.69 Å². The maximum atomic E-state index is 12.8. The summed E-state index contributed by atoms with van der Waals surface area (Å²) in [5, 5.41) is 3.35. The molecule has 5 heteroatoms. The van der Waals surface area contributed by atoms with Crippen LogP contribution in [0.15, 0.2) is 30.9 Å². The average molecular weight is 301 g/mol. The molecule has 118 valence electrons. The second kappa shape index (κ2) is 5.65. The van der Waals surface area contributed by atoms with Gasteiger partial charge in [-0.25, -0.2) is 0 Å². The second-order valence-corrected chi connectivity index (χ2v) is 6.18. The van der Waals surface area contributed by atoms with Crippen molar-refractivity contribution in [2.24, 2.45) is 0 Å². The van der Waals surface area contributed by atoms with Crippen molar-refractivity contribution in [1.29, 1.82) is 0 Å². The van der Waals surface area contributed by atoms with E-state index in [1.807, 2.05) is 26.0 Å². The van der Waals surface area contributed by atoms with E-state index in [2.05, 4.69) is 22.9 Å². The van der Waals surface area contributed by atoms with Crippen molar-refractivity contribution < 1.29 is 9.53 Å². The number of amides is 1. The standard InChI is InChI=1S/C17H23N3O2/c1-4-10-20-15-13(19-11-8-18-9-12-19)6-5-7-14(15)22-17(2,3)16(20)21/h4-7,18H,1,8-12H2,2-3H3. The lowest BCUT2D eigenvalue weighted by Gasteiger charge is -2.41. The molecule has 2 aliphatic rings. The van der Waals surface area contributed by atoms with Crippen LogP contribution < -0.4 is 19.9 Å². The number of nitrogens with one attached hydrogen (secondary N) is 1. The van der Waals surface area contributed by atoms with Crippen LogP contribution in [-0.4, -0.2) is 44.2 Å². The first-order valence-corrected chi connectivity index (χ1v) is 7.75. The Morgan fingerprint density at radius 2 is 2.09 bits per heavy atom. The zero-order valence-electron chi connectivity index (χ0n) is 13.3. The number of para-hydroxylation sites is 1. The lowest BCUT2D eigenvalue weighted by molar-refractivity contribution is -0.132. The first-order valence-electron chi connectivity index (χ1n) is 7.75. The van der Waals surface area contributed by atoms with Crippen LogP contribution in [0.5, 0.6) is 5.75 Å². The summed E-state index contributed by atoms with van der Waals surface area (Å²) in [4.78, 5) is 16.9. The maximum absolute atomic E-state index is 12.8. The zero-order valence-corrected chi connectivity index (χ0v) is 13.3. The minimum Gasteiger partial charge on any atom is -0.476 e. The molecule has 0 saturated carbocycles. The molecule has 0 aromatic heterocycles. The third-order valence-electron chi connectivity index (χ3n) is 4.14. The molecule has 5 nitrogen and oxygen atoms in total. The van der Waals surface area contributed by atoms with Gasteiger partial charge < -0.3 is 15.0 Å². The predicted octanol–water partition coefficient (Wildman–Crippen LogP) is 1.79. The minimum absolute atomic E-state index is 0.0255. The van der Waals surface area contributed by atoms with E-state index < -0.39 is 5.60 Å². The fourth-order valence-corrected chi connectivity index (χ4v) is 3.07. The Kier molecular flexibility index (Phi) is 3.83. The van der Waals surface area contributed by atoms with E-state index in [4.69, 9.17) is 4.74 Å². The molecule has 22 heavy (non-hydrogen) atoms. The number of hydrogen-bond acceptors (Lipinski definition) is 4. The summed E-state index contributed by atoms with van der Waals surface area (Å²) in [7, 11) is 0. The third-order valence-corrected chi connectivity index (χ3v) is 4.14. The summed E-state index contributed by atoms with van der Waals surface area (Å²) in [6.45, 7) is 11.7. The van der Waals surface area contributed by atoms with Crippen molar-refractivity contribution in [3.05, 3.63) is 30.9 Å². The zero-order chi connectivity index (χ0) is 15.7. The van der Waals surface area contributed by atoms with Gasteiger partial charge in [-0.2, -0.15) is 0 Å². The van der Waals surface area contributed by atoms with Crippen molar-refractivity contribution in [2.45, 2.75) is 19.4 Å². The summed E-state index contributed by atoms with van der Waals surface area (Å²) in [5.41, 5.74) is 1.08. The van der Waals surface area contributed by atoms with E-state index in [0.717, 1.165) is 43.3 Å². The molecule has 1 aromatic carbocycles. The van der Waals surface area contributed by atoms with Crippen LogP contribution in [0.4, 0.5) is 11.4 Å². The summed E-state index contributed by atoms with van der Waals surface area (Å²) in [6.07, 6.45) is 1.76. The van der Waals surface area contributed by atoms with Crippen molar-refractivity contribution in [3.63, 3.8) is 0 Å². The predicted molar refractivity (Wildman–Crippen MR) is 88.8 cm³/mol. The lowest BCUT2D eigenvalue weighted by Crippen LogP contribution is -2.53. The number of anilines is 2. The summed E-state index contributed by atoms with van der Waals surface area (Å²) >= 11 is 0. The van der Waals surface area contributed by atoms with Gasteiger partial charge in [0.15, 0.2) is 5.60 Å². The molecule has 0 atom stereocenters. The van der Waals surface area contributed by atoms with E-state index in [1.54, 1.807) is 11.0 Å². The molecule has 3 rings (SSSR count). The molecule has 2 aliphatic heterocycles. The highest BCUT2D eigenvalue weighted by molar-refractivity contribution is 6.05. The number of carbonyl (C=O) groups excluding carboxylic acids is 1. The number of piperazine rings is 1. The molecule has 1 amide bonds. The van der Waals surface area contributed by atoms with E-state index in [9.17, 15) is 4.79 Å². The molecule has 0 spiro atoms. The topological polar surface area (TPSA) is 44.8 Å². The molecule has 0 aliphatic carbocycles. The Hall–Kier alpha value is -2.01. The number of benzene rings is 1. The van der Waals surface area contributed by atoms with Crippen LogP contribution in [0.3, 0.4) is 0 Å². The monoisotopic (exact) mass is 301 g/mol. The molecule has 0 radical (unpaired) electrons. The van der Waals surface area contributed by atoms with Gasteiger partial charge in [0.25, 0.3) is 5.91 Å². The molecule has 0 bridgehead atoms. The van der Waals surface area contributed by atoms with Gasteiger partial charge in [0.2, 0.25) is 0 Å². The van der Waals surface area contributed by atoms with Crippen LogP contribution in [0.1, 0.15) is 13.8 Å². The Labute approximate surface area is 131 Å². The molecule has 2 heterocycles. The minimum atomic E-state index is -0.849. The smallest absolute Gasteiger partial charge is 0.271 e. The number of rotatable bonds is 3. The van der Waals surface area contributed by atoms with Crippen molar-refractivity contribution >= 4 is 17.3 Å². The number of hydrogen-bond donors (Lipinski definition) is 1. The highest BCUT2D eigenvalue weighted by atomic mass is 16.5. The fourth-order valence-electron chi connectivity index (χ4n) is 3.07. The highest BCUT2D eigenvalue weighted by Gasteiger charge is 2.42. The average Bonchev–Trinajstić information content (AvgIpc) is 2.52. The Morgan fingerprint density at radius 1 is 1.36 bits per heavy atom. The molecular formula is C17H23N3O2. The SMILES string of the molecule is C=CCN1C(=O)C(C)(C)Oc2cccc(N3CCNCC3)c21. The van der Waals surface area contributed by atoms with Crippen molar-refractivity contribution in [3.8, 4) is 5.75 Å². The van der Waals surface area contributed by atoms with Crippen LogP contribution in [0.2, 0.25) is 0 Å². The van der Waals surface area contributed by atoms with Crippen LogP contribution in [0, 0.1) is 0 Å². The molecule has 1 aromatic rings. The van der Waals surface area contributed by atoms with E-state index in [-0.39, 0.29) is 5.91 Å². The molecule has 1 N–H and O–H groups in total. The van der Waals surface area contributed by atoms with Gasteiger partial charge in [-0.05, 0) is 26.0 Å². The van der Waals surface area contributed by atoms with E-state index in [0.29, 0.717) is 6.54 Å². The van der Waals surface area contributed by atoms with Gasteiger partial charge in [0, 0.05) is 32.7 Å². The molecule has 1 saturated heterocycles. The van der Waals surface area contributed by atoms with Crippen molar-refractivity contribution in [2.75, 3.05) is 42.5 Å². The van der Waals surface area contributed by atoms with Crippen molar-refractivity contribution in [1.82, 2.24) is 5.32 Å². The first-order chi connectivity index (χ1) is 10.5. The summed E-state index contributed by atoms with van der Waals surface area (Å²) in [6, 6.07) is 5.99. The molecule has 0 unspecified atom stereocenters. The number of nitrogens with zero attached hydrogens (tertiary/aromatic N) is 2. The Morgan fingerprint density at radius 3 is 2.77 bits per heavy atom. The third kappa shape index (κ3) is 2.46. The lowest BCUT2D eigenvalue weighted by atomic mass is 10.0. The second-order valence-electron chi connectivity index (χ2n) is 6.18. The van der Waals surface area contributed by atoms with Crippen LogP contribution in [0.25, 0.3) is 0 Å². The first kappa shape index (κ1) is 14.9. The fraction of sp³-hybridized carbons (Fsp3) is 0.471. The quantitative estimate of drug-likeness (QED) is 0.865. The normalized spacial score (nSPS) is 20.4. The maximum Gasteiger partial charge on any atom is 0.271 e. The number of fused-ring (bicyclic) bond motifs is 1. The van der Waals surface area contributed by atoms with Gasteiger partial charge in [-0.1, -0.05) is 12.1 Å². The Bertz CT molecular complexity index is 592. The van der Waals surface area contributed by atoms with E-state index >= 15 is 0 Å². The van der Waals surface area contributed by atoms with Gasteiger partial charge in [0.05, 0.1) is 5.69 Å². The Balaban J connectivity index is 2.08. The summed E-state index contributed by atoms with van der Waals surface area (Å²) < 4.78 is 5.97. The van der Waals surface area contributed by atoms with Crippen LogP contribution >= 0.6 is 0 Å². The van der Waals surface area contributed by atoms with Gasteiger partial charge >= 0.3 is 0 Å². The number of ether oxygens (including phenoxy) is 1. The number of carbonyl (C=O) groups is 1. The van der Waals surface area contributed by atoms with Gasteiger partial charge in [-0.15, -0.1) is 6.58 Å². The molecule has 1 fully saturated rings. The van der Waals surface area contributed by atoms with Crippen LogP contribution in [-0.2, 0) is 4.79 Å². The molecular weight excluding hydrogens is 278 g/mol. The van der Waals surface area contributed by atoms with Gasteiger partial charge in [0.1, 0.15) is 11.4 Å². The largest absolute Gasteiger partial charge is 0.476 e. The van der Waals surface area contributed by atoms with E-state index in [1.165, 1.54) is 0 Å². The highest BCUT2D eigenvalue weighted by Crippen LogP contribution is 2.44.